The predicted octanol–water partition coefficient (Wildman–Crippen LogP) is 4.71. The lowest BCUT2D eigenvalue weighted by atomic mass is 9.71. The number of rotatable bonds is 3. The van der Waals surface area contributed by atoms with Gasteiger partial charge < -0.3 is 19.5 Å². The van der Waals surface area contributed by atoms with Gasteiger partial charge in [0.1, 0.15) is 0 Å². The molecule has 6 nitrogen and oxygen atoms in total. The number of benzene rings is 2. The molecule has 0 saturated carbocycles. The molecule has 0 fully saturated rings. The Morgan fingerprint density at radius 3 is 2.56 bits per heavy atom. The molecule has 7 heteroatoms. The van der Waals surface area contributed by atoms with Crippen molar-refractivity contribution in [3.8, 4) is 11.5 Å². The molecule has 2 heterocycles. The van der Waals surface area contributed by atoms with Crippen molar-refractivity contribution >= 4 is 27.7 Å². The van der Waals surface area contributed by atoms with Crippen LogP contribution in [0.4, 0.5) is 0 Å². The van der Waals surface area contributed by atoms with Crippen molar-refractivity contribution in [3.63, 3.8) is 0 Å². The highest BCUT2D eigenvalue weighted by Crippen LogP contribution is 2.49. The normalized spacial score (nSPS) is 21.9. The zero-order valence-corrected chi connectivity index (χ0v) is 19.3. The largest absolute Gasteiger partial charge is 0.466 e. The van der Waals surface area contributed by atoms with Gasteiger partial charge in [0.2, 0.25) is 6.79 Å². The fourth-order valence-corrected chi connectivity index (χ4v) is 5.40. The third kappa shape index (κ3) is 3.41. The number of carbonyl (C=O) groups excluding carboxylic acids is 2. The summed E-state index contributed by atoms with van der Waals surface area (Å²) in [7, 11) is 1.35. The molecular formula is C25H22BrNO5. The highest BCUT2D eigenvalue weighted by atomic mass is 79.9. The molecule has 5 rings (SSSR count). The van der Waals surface area contributed by atoms with E-state index in [9.17, 15) is 9.59 Å². The molecule has 0 bridgehead atoms. The second-order valence-corrected chi connectivity index (χ2v) is 9.00. The quantitative estimate of drug-likeness (QED) is 0.621. The van der Waals surface area contributed by atoms with Crippen molar-refractivity contribution in [2.45, 2.75) is 31.6 Å². The summed E-state index contributed by atoms with van der Waals surface area (Å²) in [5, 5.41) is 3.35. The van der Waals surface area contributed by atoms with Crippen molar-refractivity contribution in [1.29, 1.82) is 0 Å². The summed E-state index contributed by atoms with van der Waals surface area (Å²) in [4.78, 5) is 26.4. The number of methoxy groups -OCH3 is 1. The predicted molar refractivity (Wildman–Crippen MR) is 121 cm³/mol. The number of nitrogens with one attached hydrogen (secondary N) is 1. The molecule has 32 heavy (non-hydrogen) atoms. The summed E-state index contributed by atoms with van der Waals surface area (Å²) < 4.78 is 16.9. The van der Waals surface area contributed by atoms with Crippen LogP contribution in [0.25, 0.3) is 0 Å². The zero-order chi connectivity index (χ0) is 22.4. The first kappa shape index (κ1) is 20.8. The second kappa shape index (κ2) is 8.13. The Hall–Kier alpha value is -3.06. The lowest BCUT2D eigenvalue weighted by molar-refractivity contribution is -0.136. The number of hydrogen-bond acceptors (Lipinski definition) is 6. The molecule has 2 aromatic rings. The fraction of sp³-hybridized carbons (Fsp3) is 0.280. The van der Waals surface area contributed by atoms with Gasteiger partial charge >= 0.3 is 5.97 Å². The van der Waals surface area contributed by atoms with Crippen LogP contribution in [-0.2, 0) is 14.3 Å². The molecule has 0 radical (unpaired) electrons. The highest BCUT2D eigenvalue weighted by molar-refractivity contribution is 9.10. The van der Waals surface area contributed by atoms with Crippen LogP contribution in [0.2, 0.25) is 0 Å². The molecule has 0 aromatic heterocycles. The molecule has 2 aliphatic heterocycles. The first-order valence-corrected chi connectivity index (χ1v) is 11.2. The molecular weight excluding hydrogens is 474 g/mol. The molecule has 3 aliphatic rings. The lowest BCUT2D eigenvalue weighted by Crippen LogP contribution is -2.36. The maximum Gasteiger partial charge on any atom is 0.336 e. The third-order valence-electron chi connectivity index (χ3n) is 6.31. The van der Waals surface area contributed by atoms with Gasteiger partial charge in [0.15, 0.2) is 17.3 Å². The number of allylic oxidation sites excluding steroid dienone is 3. The van der Waals surface area contributed by atoms with E-state index in [-0.39, 0.29) is 18.5 Å². The van der Waals surface area contributed by atoms with E-state index in [1.807, 2.05) is 37.3 Å². The van der Waals surface area contributed by atoms with E-state index >= 15 is 0 Å². The topological polar surface area (TPSA) is 73.9 Å². The van der Waals surface area contributed by atoms with Gasteiger partial charge in [-0.1, -0.05) is 46.3 Å². The minimum absolute atomic E-state index is 0.0241. The van der Waals surface area contributed by atoms with Crippen molar-refractivity contribution in [2.75, 3.05) is 13.9 Å². The average molecular weight is 496 g/mol. The molecule has 2 atom stereocenters. The van der Waals surface area contributed by atoms with E-state index in [2.05, 4.69) is 33.4 Å². The van der Waals surface area contributed by atoms with Crippen LogP contribution in [-0.4, -0.2) is 25.7 Å². The van der Waals surface area contributed by atoms with Crippen LogP contribution in [0, 0.1) is 0 Å². The highest BCUT2D eigenvalue weighted by Gasteiger charge is 2.42. The first-order valence-electron chi connectivity index (χ1n) is 10.4. The van der Waals surface area contributed by atoms with Gasteiger partial charge in [-0.15, -0.1) is 0 Å². The lowest BCUT2D eigenvalue weighted by Gasteiger charge is -2.37. The summed E-state index contributed by atoms with van der Waals surface area (Å²) in [6, 6.07) is 13.7. The monoisotopic (exact) mass is 495 g/mol. The molecule has 1 N–H and O–H groups in total. The van der Waals surface area contributed by atoms with Crippen molar-refractivity contribution in [3.05, 3.63) is 80.6 Å². The van der Waals surface area contributed by atoms with E-state index in [1.54, 1.807) is 0 Å². The maximum atomic E-state index is 13.6. The van der Waals surface area contributed by atoms with Crippen LogP contribution in [0.3, 0.4) is 0 Å². The minimum Gasteiger partial charge on any atom is -0.466 e. The van der Waals surface area contributed by atoms with E-state index in [0.29, 0.717) is 41.2 Å². The average Bonchev–Trinajstić information content (AvgIpc) is 3.24. The van der Waals surface area contributed by atoms with Gasteiger partial charge in [-0.2, -0.15) is 0 Å². The number of carbonyl (C=O) groups is 2. The van der Waals surface area contributed by atoms with Crippen LogP contribution >= 0.6 is 15.9 Å². The number of hydrogen-bond donors (Lipinski definition) is 1. The Morgan fingerprint density at radius 2 is 1.84 bits per heavy atom. The summed E-state index contributed by atoms with van der Waals surface area (Å²) in [5.41, 5.74) is 4.49. The smallest absolute Gasteiger partial charge is 0.336 e. The number of fused-ring (bicyclic) bond motifs is 1. The molecule has 0 saturated heterocycles. The maximum absolute atomic E-state index is 13.6. The summed E-state index contributed by atoms with van der Waals surface area (Å²) in [6.45, 7) is 1.99. The number of halogens is 1. The number of ether oxygens (including phenoxy) is 3. The molecule has 1 aliphatic carbocycles. The number of esters is 1. The van der Waals surface area contributed by atoms with Crippen LogP contribution < -0.4 is 14.8 Å². The Kier molecular flexibility index (Phi) is 5.29. The Labute approximate surface area is 194 Å². The number of ketones is 1. The molecule has 0 amide bonds. The van der Waals surface area contributed by atoms with Crippen molar-refractivity contribution < 1.29 is 23.8 Å². The Bertz CT molecular complexity index is 1180. The molecule has 2 aromatic carbocycles. The number of dihydropyridines is 1. The molecule has 164 valence electrons. The van der Waals surface area contributed by atoms with Gasteiger partial charge in [0.25, 0.3) is 0 Å². The zero-order valence-electron chi connectivity index (χ0n) is 17.7. The standard InChI is InChI=1S/C25H22BrNO5/c1-13-22(25(29)30-2)23(16-10-20-21(11-17(16)26)32-12-31-20)24-18(27-13)8-15(9-19(24)28)14-6-4-3-5-7-14/h3-7,10-11,15,23,27H,8-9,12H2,1-2H3/t15-,23-/m0/s1. The van der Waals surface area contributed by atoms with E-state index in [0.717, 1.165) is 21.3 Å². The fourth-order valence-electron chi connectivity index (χ4n) is 4.85. The van der Waals surface area contributed by atoms with Gasteiger partial charge in [0, 0.05) is 33.8 Å². The van der Waals surface area contributed by atoms with Gasteiger partial charge in [-0.25, -0.2) is 4.79 Å². The summed E-state index contributed by atoms with van der Waals surface area (Å²) in [5.74, 6) is 0.305. The van der Waals surface area contributed by atoms with Gasteiger partial charge in [-0.3, -0.25) is 4.79 Å². The summed E-state index contributed by atoms with van der Waals surface area (Å²) in [6.07, 6.45) is 1.08. The Morgan fingerprint density at radius 1 is 1.12 bits per heavy atom. The SMILES string of the molecule is COC(=O)C1=C(C)NC2=C(C(=O)C[C@@H](c3ccccc3)C2)[C@H]1c1cc2c(cc1Br)OCO2. The van der Waals surface area contributed by atoms with Gasteiger partial charge in [0.05, 0.1) is 12.7 Å². The second-order valence-electron chi connectivity index (χ2n) is 8.15. The summed E-state index contributed by atoms with van der Waals surface area (Å²) >= 11 is 3.62. The van der Waals surface area contributed by atoms with E-state index in [4.69, 9.17) is 14.2 Å². The minimum atomic E-state index is -0.563. The molecule has 0 spiro atoms. The van der Waals surface area contributed by atoms with Crippen LogP contribution in [0.5, 0.6) is 11.5 Å². The van der Waals surface area contributed by atoms with Crippen LogP contribution in [0.15, 0.2) is 69.5 Å². The molecule has 0 unspecified atom stereocenters. The number of Topliss-reactive ketones (excluding diaryl/α,β-unsaturated/α-hetero) is 1. The third-order valence-corrected chi connectivity index (χ3v) is 6.99. The van der Waals surface area contributed by atoms with Crippen molar-refractivity contribution in [2.24, 2.45) is 0 Å². The van der Waals surface area contributed by atoms with Crippen LogP contribution in [0.1, 0.15) is 42.7 Å². The Balaban J connectivity index is 1.65. The van der Waals surface area contributed by atoms with E-state index < -0.39 is 11.9 Å². The van der Waals surface area contributed by atoms with Gasteiger partial charge in [-0.05, 0) is 42.5 Å². The van der Waals surface area contributed by atoms with E-state index in [1.165, 1.54) is 7.11 Å². The van der Waals surface area contributed by atoms with Crippen molar-refractivity contribution in [1.82, 2.24) is 5.32 Å². The first-order chi connectivity index (χ1) is 15.5.